The average Bonchev–Trinajstić information content (AvgIpc) is 2.93. The molecule has 1 unspecified atom stereocenters. The van der Waals surface area contributed by atoms with Crippen LogP contribution >= 0.6 is 0 Å². The smallest absolute Gasteiger partial charge is 0.0924 e. The maximum absolute atomic E-state index is 4.11. The SMILES string of the molecule is CCC1(C)C=c2ccc(-c3cnc[nH]3)c(C)c2=CC1. The number of fused-ring (bicyclic) bond motifs is 1. The number of nitrogens with one attached hydrogen (secondary N) is 1. The minimum Gasteiger partial charge on any atom is -0.345 e. The van der Waals surface area contributed by atoms with Gasteiger partial charge in [0.05, 0.1) is 18.2 Å². The summed E-state index contributed by atoms with van der Waals surface area (Å²) in [7, 11) is 0. The average molecular weight is 252 g/mol. The first-order chi connectivity index (χ1) is 9.13. The molecule has 3 rings (SSSR count). The summed E-state index contributed by atoms with van der Waals surface area (Å²) in [4.78, 5) is 7.31. The van der Waals surface area contributed by atoms with Gasteiger partial charge in [-0.25, -0.2) is 4.98 Å². The van der Waals surface area contributed by atoms with Crippen LogP contribution in [0.3, 0.4) is 0 Å². The van der Waals surface area contributed by atoms with Gasteiger partial charge in [0.2, 0.25) is 0 Å². The van der Waals surface area contributed by atoms with E-state index in [0.717, 1.165) is 12.1 Å². The lowest BCUT2D eigenvalue weighted by Gasteiger charge is -2.25. The summed E-state index contributed by atoms with van der Waals surface area (Å²) in [5.74, 6) is 0. The molecule has 98 valence electrons. The number of imidazole rings is 1. The van der Waals surface area contributed by atoms with Crippen LogP contribution in [-0.2, 0) is 0 Å². The van der Waals surface area contributed by atoms with Gasteiger partial charge in [-0.1, -0.05) is 38.1 Å². The molecule has 0 amide bonds. The molecule has 1 aliphatic carbocycles. The molecule has 1 aromatic carbocycles. The maximum atomic E-state index is 4.11. The van der Waals surface area contributed by atoms with Gasteiger partial charge < -0.3 is 4.98 Å². The molecule has 0 aliphatic heterocycles. The van der Waals surface area contributed by atoms with Crippen LogP contribution < -0.4 is 10.4 Å². The highest BCUT2D eigenvalue weighted by molar-refractivity contribution is 5.64. The molecule has 0 spiro atoms. The molecule has 0 saturated heterocycles. The van der Waals surface area contributed by atoms with Gasteiger partial charge in [0.15, 0.2) is 0 Å². The van der Waals surface area contributed by atoms with Crippen LogP contribution in [0.5, 0.6) is 0 Å². The van der Waals surface area contributed by atoms with E-state index < -0.39 is 0 Å². The number of hydrogen-bond donors (Lipinski definition) is 1. The van der Waals surface area contributed by atoms with Gasteiger partial charge in [-0.05, 0) is 41.2 Å². The van der Waals surface area contributed by atoms with E-state index in [-0.39, 0.29) is 0 Å². The molecule has 2 heteroatoms. The molecule has 1 aromatic heterocycles. The minimum atomic E-state index is 0.314. The largest absolute Gasteiger partial charge is 0.345 e. The summed E-state index contributed by atoms with van der Waals surface area (Å²) in [5.41, 5.74) is 4.00. The van der Waals surface area contributed by atoms with E-state index in [1.807, 2.05) is 6.20 Å². The van der Waals surface area contributed by atoms with Crippen molar-refractivity contribution in [1.82, 2.24) is 9.97 Å². The molecule has 1 N–H and O–H groups in total. The Hall–Kier alpha value is -1.83. The van der Waals surface area contributed by atoms with Crippen molar-refractivity contribution in [3.8, 4) is 11.3 Å². The highest BCUT2D eigenvalue weighted by Gasteiger charge is 2.20. The number of benzene rings is 1. The van der Waals surface area contributed by atoms with E-state index in [0.29, 0.717) is 5.41 Å². The van der Waals surface area contributed by atoms with Crippen LogP contribution in [0, 0.1) is 12.3 Å². The van der Waals surface area contributed by atoms with Crippen LogP contribution in [0.1, 0.15) is 32.3 Å². The second-order valence-electron chi connectivity index (χ2n) is 5.77. The number of hydrogen-bond acceptors (Lipinski definition) is 1. The Balaban J connectivity index is 2.22. The minimum absolute atomic E-state index is 0.314. The molecule has 0 bridgehead atoms. The summed E-state index contributed by atoms with van der Waals surface area (Å²) >= 11 is 0. The highest BCUT2D eigenvalue weighted by atomic mass is 14.9. The maximum Gasteiger partial charge on any atom is 0.0924 e. The van der Waals surface area contributed by atoms with Crippen LogP contribution in [0.15, 0.2) is 24.7 Å². The zero-order valence-electron chi connectivity index (χ0n) is 11.8. The number of rotatable bonds is 2. The second-order valence-corrected chi connectivity index (χ2v) is 5.77. The summed E-state index contributed by atoms with van der Waals surface area (Å²) in [6, 6.07) is 4.44. The molecule has 2 nitrogen and oxygen atoms in total. The van der Waals surface area contributed by atoms with Gasteiger partial charge in [-0.3, -0.25) is 0 Å². The van der Waals surface area contributed by atoms with Gasteiger partial charge >= 0.3 is 0 Å². The van der Waals surface area contributed by atoms with E-state index in [2.05, 4.69) is 55.0 Å². The monoisotopic (exact) mass is 252 g/mol. The standard InChI is InChI=1S/C17H20N2/c1-4-17(3)8-7-14-12(2)15(6-5-13(14)9-17)16-10-18-11-19-16/h5-7,9-11H,4,8H2,1-3H3,(H,18,19). The molecule has 0 fully saturated rings. The number of aromatic nitrogens is 2. The Kier molecular flexibility index (Phi) is 2.81. The molecule has 1 atom stereocenters. The lowest BCUT2D eigenvalue weighted by atomic mass is 9.79. The van der Waals surface area contributed by atoms with Gasteiger partial charge in [0.1, 0.15) is 0 Å². The third-order valence-corrected chi connectivity index (χ3v) is 4.42. The molecule has 2 aromatic rings. The van der Waals surface area contributed by atoms with Gasteiger partial charge in [-0.15, -0.1) is 0 Å². The normalized spacial score (nSPS) is 21.4. The van der Waals surface area contributed by atoms with Crippen molar-refractivity contribution >= 4 is 12.2 Å². The molecule has 0 radical (unpaired) electrons. The van der Waals surface area contributed by atoms with E-state index >= 15 is 0 Å². The molecule has 19 heavy (non-hydrogen) atoms. The number of nitrogens with zero attached hydrogens (tertiary/aromatic N) is 1. The fourth-order valence-electron chi connectivity index (χ4n) is 2.86. The van der Waals surface area contributed by atoms with Crippen LogP contribution in [-0.4, -0.2) is 9.97 Å². The molecule has 1 aliphatic rings. The Morgan fingerprint density at radius 2 is 2.21 bits per heavy atom. The van der Waals surface area contributed by atoms with Gasteiger partial charge in [0.25, 0.3) is 0 Å². The zero-order valence-corrected chi connectivity index (χ0v) is 11.8. The third kappa shape index (κ3) is 2.01. The van der Waals surface area contributed by atoms with Crippen molar-refractivity contribution in [3.05, 3.63) is 40.7 Å². The number of aromatic amines is 1. The summed E-state index contributed by atoms with van der Waals surface area (Å²) in [6.07, 6.45) is 10.8. The fraction of sp³-hybridized carbons (Fsp3) is 0.353. The first-order valence-electron chi connectivity index (χ1n) is 6.94. The fourth-order valence-corrected chi connectivity index (χ4v) is 2.86. The lowest BCUT2D eigenvalue weighted by Crippen LogP contribution is -2.34. The van der Waals surface area contributed by atoms with Crippen molar-refractivity contribution in [2.75, 3.05) is 0 Å². The van der Waals surface area contributed by atoms with Crippen molar-refractivity contribution in [1.29, 1.82) is 0 Å². The van der Waals surface area contributed by atoms with Crippen molar-refractivity contribution in [3.63, 3.8) is 0 Å². The Morgan fingerprint density at radius 1 is 1.37 bits per heavy atom. The predicted octanol–water partition coefficient (Wildman–Crippen LogP) is 2.77. The zero-order chi connectivity index (χ0) is 13.5. The first kappa shape index (κ1) is 12.2. The van der Waals surface area contributed by atoms with Crippen LogP contribution in [0.25, 0.3) is 23.4 Å². The topological polar surface area (TPSA) is 28.7 Å². The third-order valence-electron chi connectivity index (χ3n) is 4.42. The Labute approximate surface area is 113 Å². The predicted molar refractivity (Wildman–Crippen MR) is 80.0 cm³/mol. The van der Waals surface area contributed by atoms with Crippen molar-refractivity contribution < 1.29 is 0 Å². The highest BCUT2D eigenvalue weighted by Crippen LogP contribution is 2.29. The van der Waals surface area contributed by atoms with Crippen LogP contribution in [0.2, 0.25) is 0 Å². The molecule has 0 saturated carbocycles. The van der Waals surface area contributed by atoms with Crippen molar-refractivity contribution in [2.45, 2.75) is 33.6 Å². The summed E-state index contributed by atoms with van der Waals surface area (Å²) in [6.45, 7) is 6.81. The van der Waals surface area contributed by atoms with E-state index in [1.165, 1.54) is 28.0 Å². The summed E-state index contributed by atoms with van der Waals surface area (Å²) < 4.78 is 0. The lowest BCUT2D eigenvalue weighted by molar-refractivity contribution is 0.456. The Bertz CT molecular complexity index is 710. The van der Waals surface area contributed by atoms with Crippen LogP contribution in [0.4, 0.5) is 0 Å². The first-order valence-corrected chi connectivity index (χ1v) is 6.94. The molecular weight excluding hydrogens is 232 g/mol. The van der Waals surface area contributed by atoms with Gasteiger partial charge in [-0.2, -0.15) is 0 Å². The Morgan fingerprint density at radius 3 is 2.89 bits per heavy atom. The molecule has 1 heterocycles. The molecular formula is C17H20N2. The summed E-state index contributed by atoms with van der Waals surface area (Å²) in [5, 5.41) is 2.76. The quantitative estimate of drug-likeness (QED) is 0.874. The van der Waals surface area contributed by atoms with E-state index in [9.17, 15) is 0 Å². The van der Waals surface area contributed by atoms with E-state index in [4.69, 9.17) is 0 Å². The van der Waals surface area contributed by atoms with Crippen molar-refractivity contribution in [2.24, 2.45) is 5.41 Å². The van der Waals surface area contributed by atoms with Gasteiger partial charge in [0, 0.05) is 5.56 Å². The number of H-pyrrole nitrogens is 1. The van der Waals surface area contributed by atoms with E-state index in [1.54, 1.807) is 6.33 Å². The second kappa shape index (κ2) is 4.37.